The zero-order valence-corrected chi connectivity index (χ0v) is 12.4. The van der Waals surface area contributed by atoms with Gasteiger partial charge < -0.3 is 10.2 Å². The van der Waals surface area contributed by atoms with Crippen molar-refractivity contribution in [3.05, 3.63) is 53.9 Å². The van der Waals surface area contributed by atoms with Crippen molar-refractivity contribution in [1.29, 1.82) is 0 Å². The van der Waals surface area contributed by atoms with E-state index in [9.17, 15) is 13.6 Å². The molecule has 23 heavy (non-hydrogen) atoms. The van der Waals surface area contributed by atoms with Gasteiger partial charge in [-0.3, -0.25) is 4.79 Å². The maximum absolute atomic E-state index is 13.6. The van der Waals surface area contributed by atoms with E-state index in [-0.39, 0.29) is 11.6 Å². The van der Waals surface area contributed by atoms with Gasteiger partial charge >= 0.3 is 0 Å². The summed E-state index contributed by atoms with van der Waals surface area (Å²) in [5, 5.41) is 2.80. The van der Waals surface area contributed by atoms with Crippen molar-refractivity contribution >= 4 is 11.9 Å². The third-order valence-corrected chi connectivity index (χ3v) is 3.84. The summed E-state index contributed by atoms with van der Waals surface area (Å²) >= 11 is 0. The molecule has 1 aliphatic rings. The number of nitrogens with one attached hydrogen (secondary N) is 1. The molecular formula is C16H16F2N4O. The third kappa shape index (κ3) is 3.61. The molecule has 0 aliphatic carbocycles. The maximum atomic E-state index is 13.6. The second-order valence-corrected chi connectivity index (χ2v) is 5.41. The van der Waals surface area contributed by atoms with Crippen molar-refractivity contribution in [3.8, 4) is 0 Å². The number of hydrogen-bond donors (Lipinski definition) is 1. The fourth-order valence-electron chi connectivity index (χ4n) is 2.62. The van der Waals surface area contributed by atoms with Crippen LogP contribution >= 0.6 is 0 Å². The number of aromatic nitrogens is 2. The Bertz CT molecular complexity index is 688. The van der Waals surface area contributed by atoms with E-state index in [4.69, 9.17) is 0 Å². The first-order valence-electron chi connectivity index (χ1n) is 7.41. The molecule has 0 bridgehead atoms. The van der Waals surface area contributed by atoms with Gasteiger partial charge in [0.25, 0.3) is 5.91 Å². The van der Waals surface area contributed by atoms with Gasteiger partial charge in [0.2, 0.25) is 5.95 Å². The Morgan fingerprint density at radius 1 is 1.17 bits per heavy atom. The van der Waals surface area contributed by atoms with Gasteiger partial charge in [0.1, 0.15) is 11.6 Å². The molecule has 0 atom stereocenters. The van der Waals surface area contributed by atoms with Gasteiger partial charge in [-0.1, -0.05) is 0 Å². The Labute approximate surface area is 132 Å². The smallest absolute Gasteiger partial charge is 0.254 e. The summed E-state index contributed by atoms with van der Waals surface area (Å²) in [6, 6.07) is 4.66. The molecule has 0 saturated carbocycles. The maximum Gasteiger partial charge on any atom is 0.254 e. The molecule has 0 radical (unpaired) electrons. The predicted molar refractivity (Wildman–Crippen MR) is 81.1 cm³/mol. The quantitative estimate of drug-likeness (QED) is 0.942. The molecule has 1 N–H and O–H groups in total. The van der Waals surface area contributed by atoms with Crippen molar-refractivity contribution in [2.75, 3.05) is 18.0 Å². The van der Waals surface area contributed by atoms with Crippen LogP contribution in [0.25, 0.3) is 0 Å². The molecule has 1 aromatic heterocycles. The van der Waals surface area contributed by atoms with Gasteiger partial charge in [0, 0.05) is 37.6 Å². The highest BCUT2D eigenvalue weighted by molar-refractivity contribution is 5.94. The molecule has 1 amide bonds. The number of piperidine rings is 1. The molecule has 1 aromatic carbocycles. The lowest BCUT2D eigenvalue weighted by molar-refractivity contribution is 0.0927. The molecule has 2 aromatic rings. The summed E-state index contributed by atoms with van der Waals surface area (Å²) in [4.78, 5) is 22.5. The fourth-order valence-corrected chi connectivity index (χ4v) is 2.62. The highest BCUT2D eigenvalue weighted by Gasteiger charge is 2.23. The lowest BCUT2D eigenvalue weighted by atomic mass is 10.0. The van der Waals surface area contributed by atoms with E-state index in [1.165, 1.54) is 0 Å². The zero-order chi connectivity index (χ0) is 16.2. The average Bonchev–Trinajstić information content (AvgIpc) is 2.56. The Hall–Kier alpha value is -2.57. The Balaban J connectivity index is 1.57. The van der Waals surface area contributed by atoms with E-state index >= 15 is 0 Å². The minimum atomic E-state index is -0.849. The van der Waals surface area contributed by atoms with Crippen LogP contribution in [0, 0.1) is 11.6 Å². The SMILES string of the molecule is O=C(NC1CCN(c2ncccn2)CC1)c1ccc(F)cc1F. The second kappa shape index (κ2) is 6.68. The van der Waals surface area contributed by atoms with Crippen molar-refractivity contribution in [3.63, 3.8) is 0 Å². The van der Waals surface area contributed by atoms with Crippen molar-refractivity contribution < 1.29 is 13.6 Å². The summed E-state index contributed by atoms with van der Waals surface area (Å²) in [5.74, 6) is -1.40. The minimum Gasteiger partial charge on any atom is -0.349 e. The van der Waals surface area contributed by atoms with Gasteiger partial charge in [-0.05, 0) is 31.0 Å². The van der Waals surface area contributed by atoms with Crippen LogP contribution in [0.5, 0.6) is 0 Å². The Morgan fingerprint density at radius 3 is 2.52 bits per heavy atom. The normalized spacial score (nSPS) is 15.5. The molecule has 0 unspecified atom stereocenters. The summed E-state index contributed by atoms with van der Waals surface area (Å²) < 4.78 is 26.5. The third-order valence-electron chi connectivity index (χ3n) is 3.84. The summed E-state index contributed by atoms with van der Waals surface area (Å²) in [6.07, 6.45) is 4.81. The van der Waals surface area contributed by atoms with E-state index in [0.717, 1.165) is 12.1 Å². The van der Waals surface area contributed by atoms with Crippen LogP contribution in [0.1, 0.15) is 23.2 Å². The molecule has 1 fully saturated rings. The number of rotatable bonds is 3. The number of amides is 1. The van der Waals surface area contributed by atoms with Crippen molar-refractivity contribution in [2.24, 2.45) is 0 Å². The molecule has 5 nitrogen and oxygen atoms in total. The van der Waals surface area contributed by atoms with Gasteiger partial charge in [-0.15, -0.1) is 0 Å². The largest absolute Gasteiger partial charge is 0.349 e. The van der Waals surface area contributed by atoms with E-state index in [1.807, 2.05) is 4.90 Å². The van der Waals surface area contributed by atoms with Gasteiger partial charge in [-0.2, -0.15) is 0 Å². The number of carbonyl (C=O) groups excluding carboxylic acids is 1. The number of nitrogens with zero attached hydrogens (tertiary/aromatic N) is 3. The lowest BCUT2D eigenvalue weighted by Gasteiger charge is -2.32. The number of halogens is 2. The number of anilines is 1. The van der Waals surface area contributed by atoms with Crippen LogP contribution in [0.4, 0.5) is 14.7 Å². The topological polar surface area (TPSA) is 58.1 Å². The first-order valence-corrected chi connectivity index (χ1v) is 7.41. The number of hydrogen-bond acceptors (Lipinski definition) is 4. The molecule has 2 heterocycles. The fraction of sp³-hybridized carbons (Fsp3) is 0.312. The molecule has 3 rings (SSSR count). The minimum absolute atomic E-state index is 0.0492. The second-order valence-electron chi connectivity index (χ2n) is 5.41. The molecule has 7 heteroatoms. The highest BCUT2D eigenvalue weighted by Crippen LogP contribution is 2.16. The number of carbonyl (C=O) groups is 1. The van der Waals surface area contributed by atoms with Crippen LogP contribution in [0.2, 0.25) is 0 Å². The van der Waals surface area contributed by atoms with Crippen LogP contribution in [0.3, 0.4) is 0 Å². The molecule has 0 spiro atoms. The zero-order valence-electron chi connectivity index (χ0n) is 12.4. The standard InChI is InChI=1S/C16H16F2N4O/c17-11-2-3-13(14(18)10-11)15(23)21-12-4-8-22(9-5-12)16-19-6-1-7-20-16/h1-3,6-7,10,12H,4-5,8-9H2,(H,21,23). The Morgan fingerprint density at radius 2 is 1.87 bits per heavy atom. The number of benzene rings is 1. The first kappa shape index (κ1) is 15.3. The van der Waals surface area contributed by atoms with Crippen LogP contribution < -0.4 is 10.2 Å². The van der Waals surface area contributed by atoms with Gasteiger partial charge in [-0.25, -0.2) is 18.7 Å². The van der Waals surface area contributed by atoms with Crippen molar-refractivity contribution in [1.82, 2.24) is 15.3 Å². The summed E-state index contributed by atoms with van der Waals surface area (Å²) in [7, 11) is 0. The lowest BCUT2D eigenvalue weighted by Crippen LogP contribution is -2.45. The summed E-state index contributed by atoms with van der Waals surface area (Å²) in [6.45, 7) is 1.42. The van der Waals surface area contributed by atoms with Crippen LogP contribution in [-0.2, 0) is 0 Å². The summed E-state index contributed by atoms with van der Waals surface area (Å²) in [5.41, 5.74) is -0.139. The van der Waals surface area contributed by atoms with Gasteiger partial charge in [0.05, 0.1) is 5.56 Å². The first-order chi connectivity index (χ1) is 11.1. The van der Waals surface area contributed by atoms with E-state index in [0.29, 0.717) is 37.9 Å². The molecule has 1 saturated heterocycles. The molecule has 1 aliphatic heterocycles. The van der Waals surface area contributed by atoms with E-state index in [1.54, 1.807) is 18.5 Å². The molecular weight excluding hydrogens is 302 g/mol. The highest BCUT2D eigenvalue weighted by atomic mass is 19.1. The monoisotopic (exact) mass is 318 g/mol. The predicted octanol–water partition coefficient (Wildman–Crippen LogP) is 2.15. The van der Waals surface area contributed by atoms with Crippen LogP contribution in [0.15, 0.2) is 36.7 Å². The van der Waals surface area contributed by atoms with E-state index < -0.39 is 17.5 Å². The Kier molecular flexibility index (Phi) is 4.45. The average molecular weight is 318 g/mol. The van der Waals surface area contributed by atoms with Crippen molar-refractivity contribution in [2.45, 2.75) is 18.9 Å². The van der Waals surface area contributed by atoms with Crippen LogP contribution in [-0.4, -0.2) is 35.0 Å². The van der Waals surface area contributed by atoms with Gasteiger partial charge in [0.15, 0.2) is 0 Å². The molecule has 120 valence electrons. The van der Waals surface area contributed by atoms with E-state index in [2.05, 4.69) is 15.3 Å².